The molecule has 0 N–H and O–H groups in total. The van der Waals surface area contributed by atoms with Gasteiger partial charge in [-0.15, -0.1) is 5.56 Å². The number of rotatable bonds is 0. The van der Waals surface area contributed by atoms with Gasteiger partial charge >= 0.3 is 26.2 Å². The van der Waals surface area contributed by atoms with Gasteiger partial charge in [-0.2, -0.15) is 41.0 Å². The standard InChI is InChI=1S/C21H25.C10H15.2ClH.Zr/c1-20(2,3)16-9-7-14-11-15-8-10-17(21(4,5)6)13-19(15)18(14)12-16;1-8-5-6-9(7-8)10(2,3)4;;;/h7,9-10,12-13H,11H2,1-6H3;6-8H,1-4H3;2*1H;/q2*-1;;;+4/p-2. The fourth-order valence-corrected chi connectivity index (χ4v) is 4.04. The Hall–Kier alpha value is -0.617. The van der Waals surface area contributed by atoms with E-state index < -0.39 is 0 Å². The van der Waals surface area contributed by atoms with E-state index in [4.69, 9.17) is 0 Å². The van der Waals surface area contributed by atoms with Crippen LogP contribution >= 0.6 is 0 Å². The van der Waals surface area contributed by atoms with Gasteiger partial charge < -0.3 is 24.8 Å². The van der Waals surface area contributed by atoms with Gasteiger partial charge in [0.25, 0.3) is 0 Å². The minimum absolute atomic E-state index is 0. The SMILES string of the molecule is CC(C)(C)c1c[c-]c2c(c1)-c1cc(C(C)(C)C)ccc1C2.CC1[C-]=CC(C(C)(C)C)=C1.[Cl-].[Cl-].[Zr+4]. The van der Waals surface area contributed by atoms with Gasteiger partial charge in [0.15, 0.2) is 0 Å². The molecule has 0 radical (unpaired) electrons. The first-order chi connectivity index (χ1) is 14.2. The van der Waals surface area contributed by atoms with E-state index in [-0.39, 0.29) is 61.8 Å². The average molecular weight is 575 g/mol. The minimum atomic E-state index is 0. The molecule has 4 rings (SSSR count). The summed E-state index contributed by atoms with van der Waals surface area (Å²) in [6.45, 7) is 22.5. The summed E-state index contributed by atoms with van der Waals surface area (Å²) < 4.78 is 0. The van der Waals surface area contributed by atoms with Crippen LogP contribution in [0.5, 0.6) is 0 Å². The summed E-state index contributed by atoms with van der Waals surface area (Å²) in [4.78, 5) is 0. The largest absolute Gasteiger partial charge is 4.00 e. The van der Waals surface area contributed by atoms with Crippen molar-refractivity contribution in [3.05, 3.63) is 82.5 Å². The second-order valence-corrected chi connectivity index (χ2v) is 12.3. The summed E-state index contributed by atoms with van der Waals surface area (Å²) >= 11 is 0. The van der Waals surface area contributed by atoms with Crippen LogP contribution in [-0.2, 0) is 43.5 Å². The maximum Gasteiger partial charge on any atom is 4.00 e. The number of fused-ring (bicyclic) bond motifs is 3. The Bertz CT molecular complexity index is 963. The molecule has 0 spiro atoms. The van der Waals surface area contributed by atoms with Crippen LogP contribution in [0.3, 0.4) is 0 Å². The molecule has 0 saturated heterocycles. The van der Waals surface area contributed by atoms with Crippen LogP contribution in [0.25, 0.3) is 11.1 Å². The van der Waals surface area contributed by atoms with Crippen LogP contribution in [0, 0.1) is 23.5 Å². The molecule has 0 amide bonds. The molecule has 34 heavy (non-hydrogen) atoms. The Kier molecular flexibility index (Phi) is 11.9. The van der Waals surface area contributed by atoms with Crippen molar-refractivity contribution in [3.63, 3.8) is 0 Å². The monoisotopic (exact) mass is 572 g/mol. The van der Waals surface area contributed by atoms with E-state index >= 15 is 0 Å². The molecule has 0 saturated carbocycles. The van der Waals surface area contributed by atoms with Crippen molar-refractivity contribution < 1.29 is 51.0 Å². The van der Waals surface area contributed by atoms with E-state index in [1.807, 2.05) is 0 Å². The molecule has 1 unspecified atom stereocenters. The molecule has 0 aliphatic heterocycles. The van der Waals surface area contributed by atoms with Gasteiger partial charge in [0.2, 0.25) is 0 Å². The second kappa shape index (κ2) is 12.1. The van der Waals surface area contributed by atoms with Gasteiger partial charge in [0, 0.05) is 0 Å². The summed E-state index contributed by atoms with van der Waals surface area (Å²) in [5.41, 5.74) is 10.5. The van der Waals surface area contributed by atoms with Crippen molar-refractivity contribution in [1.29, 1.82) is 0 Å². The molecular formula is C31H40Cl2Zr. The fourth-order valence-electron chi connectivity index (χ4n) is 4.04. The van der Waals surface area contributed by atoms with Crippen molar-refractivity contribution in [1.82, 2.24) is 0 Å². The first kappa shape index (κ1) is 33.4. The topological polar surface area (TPSA) is 0 Å². The third-order valence-electron chi connectivity index (χ3n) is 6.32. The molecule has 2 aromatic rings. The number of hydrogen-bond acceptors (Lipinski definition) is 0. The molecular weight excluding hydrogens is 534 g/mol. The van der Waals surface area contributed by atoms with Gasteiger partial charge in [-0.25, -0.2) is 6.08 Å². The van der Waals surface area contributed by atoms with Crippen LogP contribution in [0.1, 0.15) is 91.5 Å². The summed E-state index contributed by atoms with van der Waals surface area (Å²) in [6, 6.07) is 15.1. The molecule has 0 heterocycles. The molecule has 0 nitrogen and oxygen atoms in total. The van der Waals surface area contributed by atoms with Gasteiger partial charge in [0.05, 0.1) is 0 Å². The zero-order valence-corrected chi connectivity index (χ0v) is 26.6. The summed E-state index contributed by atoms with van der Waals surface area (Å²) in [5.74, 6) is 0.522. The van der Waals surface area contributed by atoms with Crippen molar-refractivity contribution in [2.75, 3.05) is 0 Å². The normalized spacial score (nSPS) is 16.1. The van der Waals surface area contributed by atoms with Crippen LogP contribution in [0.2, 0.25) is 0 Å². The van der Waals surface area contributed by atoms with E-state index in [9.17, 15) is 0 Å². The Morgan fingerprint density at radius 2 is 1.32 bits per heavy atom. The van der Waals surface area contributed by atoms with E-state index in [1.165, 1.54) is 39.0 Å². The fraction of sp³-hybridized carbons (Fsp3) is 0.484. The zero-order valence-electron chi connectivity index (χ0n) is 22.6. The Labute approximate surface area is 241 Å². The van der Waals surface area contributed by atoms with E-state index in [0.29, 0.717) is 11.3 Å². The van der Waals surface area contributed by atoms with Crippen LogP contribution < -0.4 is 24.8 Å². The van der Waals surface area contributed by atoms with Crippen LogP contribution in [0.15, 0.2) is 48.1 Å². The Morgan fingerprint density at radius 3 is 1.76 bits per heavy atom. The first-order valence-corrected chi connectivity index (χ1v) is 11.7. The van der Waals surface area contributed by atoms with E-state index in [2.05, 4.69) is 124 Å². The molecule has 2 aliphatic carbocycles. The molecule has 182 valence electrons. The molecule has 2 aliphatic rings. The quantitative estimate of drug-likeness (QED) is 0.363. The third-order valence-corrected chi connectivity index (χ3v) is 6.32. The minimum Gasteiger partial charge on any atom is -1.00 e. The molecule has 0 bridgehead atoms. The van der Waals surface area contributed by atoms with Crippen LogP contribution in [0.4, 0.5) is 0 Å². The van der Waals surface area contributed by atoms with Gasteiger partial charge in [0.1, 0.15) is 0 Å². The number of benzene rings is 2. The van der Waals surface area contributed by atoms with Gasteiger partial charge in [-0.3, -0.25) is 6.08 Å². The molecule has 1 atom stereocenters. The van der Waals surface area contributed by atoms with Crippen molar-refractivity contribution in [2.45, 2.75) is 86.5 Å². The summed E-state index contributed by atoms with van der Waals surface area (Å²) in [7, 11) is 0. The predicted octanol–water partition coefficient (Wildman–Crippen LogP) is 2.63. The van der Waals surface area contributed by atoms with Gasteiger partial charge in [-0.1, -0.05) is 115 Å². The van der Waals surface area contributed by atoms with Crippen molar-refractivity contribution >= 4 is 0 Å². The van der Waals surface area contributed by atoms with Gasteiger partial charge in [-0.05, 0) is 17.4 Å². The van der Waals surface area contributed by atoms with Crippen molar-refractivity contribution in [2.24, 2.45) is 11.3 Å². The number of halogens is 2. The van der Waals surface area contributed by atoms with Crippen molar-refractivity contribution in [3.8, 4) is 11.1 Å². The molecule has 3 heteroatoms. The first-order valence-electron chi connectivity index (χ1n) is 11.7. The summed E-state index contributed by atoms with van der Waals surface area (Å²) in [6.07, 6.45) is 8.68. The molecule has 2 aromatic carbocycles. The zero-order chi connectivity index (χ0) is 23.2. The number of hydrogen-bond donors (Lipinski definition) is 0. The maximum absolute atomic E-state index is 3.53. The van der Waals surface area contributed by atoms with E-state index in [0.717, 1.165) is 6.42 Å². The Balaban J connectivity index is 0.000000721. The number of allylic oxidation sites excluding steroid dienone is 4. The molecule has 0 fully saturated rings. The predicted molar refractivity (Wildman–Crippen MR) is 135 cm³/mol. The third kappa shape index (κ3) is 7.95. The maximum atomic E-state index is 3.53. The smallest absolute Gasteiger partial charge is 1.00 e. The second-order valence-electron chi connectivity index (χ2n) is 12.3. The van der Waals surface area contributed by atoms with Crippen LogP contribution in [-0.4, -0.2) is 0 Å². The Morgan fingerprint density at radius 1 is 0.765 bits per heavy atom. The van der Waals surface area contributed by atoms with E-state index in [1.54, 1.807) is 0 Å². The molecule has 0 aromatic heterocycles. The average Bonchev–Trinajstić information content (AvgIpc) is 3.23. The summed E-state index contributed by atoms with van der Waals surface area (Å²) in [5, 5.41) is 0.